The highest BCUT2D eigenvalue weighted by molar-refractivity contribution is 7.21. The second kappa shape index (κ2) is 5.59. The van der Waals surface area contributed by atoms with Crippen molar-refractivity contribution in [3.63, 3.8) is 0 Å². The molecule has 0 spiro atoms. The minimum Gasteiger partial charge on any atom is -0.397 e. The highest BCUT2D eigenvalue weighted by atomic mass is 32.1. The van der Waals surface area contributed by atoms with E-state index in [9.17, 15) is 4.79 Å². The van der Waals surface area contributed by atoms with Crippen molar-refractivity contribution in [2.45, 2.75) is 13.8 Å². The number of hydrogen-bond acceptors (Lipinski definition) is 4. The van der Waals surface area contributed by atoms with E-state index in [-0.39, 0.29) is 18.4 Å². The molecule has 0 fully saturated rings. The predicted molar refractivity (Wildman–Crippen MR) is 79.6 cm³/mol. The van der Waals surface area contributed by atoms with Crippen molar-refractivity contribution in [1.82, 2.24) is 5.32 Å². The van der Waals surface area contributed by atoms with Crippen LogP contribution in [0, 0.1) is 12.8 Å². The first-order chi connectivity index (χ1) is 9.02. The number of aliphatic hydroxyl groups is 1. The van der Waals surface area contributed by atoms with E-state index in [0.29, 0.717) is 17.1 Å². The number of anilines is 1. The summed E-state index contributed by atoms with van der Waals surface area (Å²) in [7, 11) is 0. The zero-order chi connectivity index (χ0) is 14.0. The van der Waals surface area contributed by atoms with Gasteiger partial charge in [0, 0.05) is 23.2 Å². The monoisotopic (exact) mass is 278 g/mol. The van der Waals surface area contributed by atoms with Gasteiger partial charge in [0.15, 0.2) is 0 Å². The van der Waals surface area contributed by atoms with Crippen molar-refractivity contribution < 1.29 is 9.90 Å². The second-order valence-corrected chi connectivity index (χ2v) is 5.89. The molecule has 0 aliphatic rings. The molecule has 4 nitrogen and oxygen atoms in total. The minimum atomic E-state index is -0.170. The zero-order valence-electron chi connectivity index (χ0n) is 11.1. The first-order valence-corrected chi connectivity index (χ1v) is 7.02. The van der Waals surface area contributed by atoms with Crippen molar-refractivity contribution in [2.24, 2.45) is 5.92 Å². The molecule has 2 rings (SSSR count). The Morgan fingerprint density at radius 2 is 2.26 bits per heavy atom. The van der Waals surface area contributed by atoms with E-state index < -0.39 is 0 Å². The Bertz CT molecular complexity index is 607. The number of aliphatic hydroxyl groups excluding tert-OH is 1. The SMILES string of the molecule is Cc1ccc2sc(C(=O)NCC(C)CO)c(N)c2c1. The minimum absolute atomic E-state index is 0.0433. The third-order valence-corrected chi connectivity index (χ3v) is 4.20. The molecule has 1 aromatic heterocycles. The number of fused-ring (bicyclic) bond motifs is 1. The molecule has 1 amide bonds. The van der Waals surface area contributed by atoms with E-state index in [2.05, 4.69) is 5.32 Å². The average Bonchev–Trinajstić information content (AvgIpc) is 2.73. The quantitative estimate of drug-likeness (QED) is 0.802. The van der Waals surface area contributed by atoms with Gasteiger partial charge in [0.1, 0.15) is 4.88 Å². The Morgan fingerprint density at radius 3 is 2.95 bits per heavy atom. The molecule has 4 N–H and O–H groups in total. The van der Waals surface area contributed by atoms with Crippen LogP contribution in [0.3, 0.4) is 0 Å². The fraction of sp³-hybridized carbons (Fsp3) is 0.357. The summed E-state index contributed by atoms with van der Waals surface area (Å²) >= 11 is 1.40. The van der Waals surface area contributed by atoms with Crippen LogP contribution in [-0.4, -0.2) is 24.2 Å². The number of nitrogens with two attached hydrogens (primary N) is 1. The van der Waals surface area contributed by atoms with Crippen LogP contribution >= 0.6 is 11.3 Å². The Labute approximate surface area is 116 Å². The molecule has 0 aliphatic carbocycles. The van der Waals surface area contributed by atoms with Crippen molar-refractivity contribution in [3.05, 3.63) is 28.6 Å². The van der Waals surface area contributed by atoms with Gasteiger partial charge in [0.2, 0.25) is 0 Å². The topological polar surface area (TPSA) is 75.3 Å². The molecule has 0 bridgehead atoms. The van der Waals surface area contributed by atoms with Gasteiger partial charge in [0.25, 0.3) is 5.91 Å². The maximum atomic E-state index is 12.1. The summed E-state index contributed by atoms with van der Waals surface area (Å²) in [6.45, 7) is 4.38. The summed E-state index contributed by atoms with van der Waals surface area (Å²) in [6, 6.07) is 5.99. The van der Waals surface area contributed by atoms with Gasteiger partial charge >= 0.3 is 0 Å². The second-order valence-electron chi connectivity index (χ2n) is 4.84. The molecule has 2 aromatic rings. The smallest absolute Gasteiger partial charge is 0.263 e. The number of carbonyl (C=O) groups is 1. The lowest BCUT2D eigenvalue weighted by Crippen LogP contribution is -2.29. The first-order valence-electron chi connectivity index (χ1n) is 6.20. The molecule has 19 heavy (non-hydrogen) atoms. The van der Waals surface area contributed by atoms with Crippen LogP contribution in [0.5, 0.6) is 0 Å². The maximum absolute atomic E-state index is 12.1. The van der Waals surface area contributed by atoms with E-state index in [1.165, 1.54) is 11.3 Å². The molecule has 1 unspecified atom stereocenters. The molecule has 5 heteroatoms. The molecule has 0 radical (unpaired) electrons. The largest absolute Gasteiger partial charge is 0.397 e. The summed E-state index contributed by atoms with van der Waals surface area (Å²) in [5.41, 5.74) is 7.71. The molecule has 1 atom stereocenters. The fourth-order valence-corrected chi connectivity index (χ4v) is 2.83. The van der Waals surface area contributed by atoms with Crippen LogP contribution < -0.4 is 11.1 Å². The van der Waals surface area contributed by atoms with E-state index >= 15 is 0 Å². The van der Waals surface area contributed by atoms with Crippen molar-refractivity contribution in [1.29, 1.82) is 0 Å². The van der Waals surface area contributed by atoms with Crippen LogP contribution in [0.1, 0.15) is 22.2 Å². The summed E-state index contributed by atoms with van der Waals surface area (Å²) in [4.78, 5) is 12.6. The van der Waals surface area contributed by atoms with Gasteiger partial charge in [0.05, 0.1) is 5.69 Å². The third-order valence-electron chi connectivity index (χ3n) is 3.01. The lowest BCUT2D eigenvalue weighted by atomic mass is 10.1. The molecular weight excluding hydrogens is 260 g/mol. The van der Waals surface area contributed by atoms with Crippen molar-refractivity contribution in [3.8, 4) is 0 Å². The Kier molecular flexibility index (Phi) is 4.07. The van der Waals surface area contributed by atoms with E-state index in [1.807, 2.05) is 32.0 Å². The molecular formula is C14H18N2O2S. The number of rotatable bonds is 4. The number of nitrogen functional groups attached to an aromatic ring is 1. The predicted octanol–water partition coefficient (Wildman–Crippen LogP) is 2.15. The lowest BCUT2D eigenvalue weighted by Gasteiger charge is -2.08. The Morgan fingerprint density at radius 1 is 1.53 bits per heavy atom. The van der Waals surface area contributed by atoms with E-state index in [4.69, 9.17) is 10.8 Å². The van der Waals surface area contributed by atoms with Crippen LogP contribution in [0.2, 0.25) is 0 Å². The van der Waals surface area contributed by atoms with Gasteiger partial charge in [-0.25, -0.2) is 0 Å². The molecule has 0 saturated heterocycles. The standard InChI is InChI=1S/C14H18N2O2S/c1-8-3-4-11-10(5-8)12(15)13(19-11)14(18)16-6-9(2)7-17/h3-5,9,17H,6-7,15H2,1-2H3,(H,16,18). The first kappa shape index (κ1) is 13.8. The number of amides is 1. The lowest BCUT2D eigenvalue weighted by molar-refractivity contribution is 0.0947. The molecule has 1 aromatic carbocycles. The van der Waals surface area contributed by atoms with Gasteiger partial charge in [-0.2, -0.15) is 0 Å². The summed E-state index contributed by atoms with van der Waals surface area (Å²) in [5.74, 6) is -0.126. The van der Waals surface area contributed by atoms with Gasteiger partial charge in [-0.1, -0.05) is 18.6 Å². The van der Waals surface area contributed by atoms with E-state index in [1.54, 1.807) is 0 Å². The average molecular weight is 278 g/mol. The summed E-state index contributed by atoms with van der Waals surface area (Å²) in [6.07, 6.45) is 0. The number of nitrogens with one attached hydrogen (secondary N) is 1. The number of hydrogen-bond donors (Lipinski definition) is 3. The highest BCUT2D eigenvalue weighted by Crippen LogP contribution is 2.34. The number of thiophene rings is 1. The van der Waals surface area contributed by atoms with Crippen LogP contribution in [-0.2, 0) is 0 Å². The van der Waals surface area contributed by atoms with Crippen LogP contribution in [0.25, 0.3) is 10.1 Å². The summed E-state index contributed by atoms with van der Waals surface area (Å²) < 4.78 is 1.02. The normalized spacial score (nSPS) is 12.6. The van der Waals surface area contributed by atoms with Crippen molar-refractivity contribution >= 4 is 33.0 Å². The third kappa shape index (κ3) is 2.88. The zero-order valence-corrected chi connectivity index (χ0v) is 11.9. The highest BCUT2D eigenvalue weighted by Gasteiger charge is 2.16. The van der Waals surface area contributed by atoms with Gasteiger partial charge in [-0.15, -0.1) is 11.3 Å². The Balaban J connectivity index is 2.25. The summed E-state index contributed by atoms with van der Waals surface area (Å²) in [5, 5.41) is 12.7. The van der Waals surface area contributed by atoms with Crippen LogP contribution in [0.15, 0.2) is 18.2 Å². The maximum Gasteiger partial charge on any atom is 0.263 e. The van der Waals surface area contributed by atoms with Crippen molar-refractivity contribution in [2.75, 3.05) is 18.9 Å². The Hall–Kier alpha value is -1.59. The van der Waals surface area contributed by atoms with Crippen LogP contribution in [0.4, 0.5) is 5.69 Å². The van der Waals surface area contributed by atoms with Gasteiger partial charge in [-0.3, -0.25) is 4.79 Å². The number of benzene rings is 1. The van der Waals surface area contributed by atoms with E-state index in [0.717, 1.165) is 15.6 Å². The molecule has 0 aliphatic heterocycles. The van der Waals surface area contributed by atoms with Gasteiger partial charge in [-0.05, 0) is 25.0 Å². The molecule has 1 heterocycles. The molecule has 0 saturated carbocycles. The number of carbonyl (C=O) groups excluding carboxylic acids is 1. The molecule has 102 valence electrons. The fourth-order valence-electron chi connectivity index (χ4n) is 1.81. The number of aryl methyl sites for hydroxylation is 1. The van der Waals surface area contributed by atoms with Gasteiger partial charge < -0.3 is 16.2 Å².